The van der Waals surface area contributed by atoms with Crippen LogP contribution >= 0.6 is 12.4 Å². The highest BCUT2D eigenvalue weighted by atomic mass is 35.5. The van der Waals surface area contributed by atoms with Crippen LogP contribution in [0.2, 0.25) is 0 Å². The molecule has 5 heteroatoms. The van der Waals surface area contributed by atoms with Gasteiger partial charge in [-0.05, 0) is 68.1 Å². The van der Waals surface area contributed by atoms with Gasteiger partial charge in [-0.2, -0.15) is 0 Å². The molecule has 0 heterocycles. The van der Waals surface area contributed by atoms with E-state index in [0.717, 1.165) is 30.6 Å². The molecule has 1 N–H and O–H groups in total. The van der Waals surface area contributed by atoms with E-state index >= 15 is 0 Å². The Labute approximate surface area is 173 Å². The average Bonchev–Trinajstić information content (AvgIpc) is 2.68. The van der Waals surface area contributed by atoms with Crippen molar-refractivity contribution in [1.82, 2.24) is 4.90 Å². The molecule has 0 aliphatic heterocycles. The van der Waals surface area contributed by atoms with Crippen molar-refractivity contribution >= 4 is 18.4 Å². The third kappa shape index (κ3) is 4.68. The number of carbonyl (C=O) groups is 1. The van der Waals surface area contributed by atoms with Gasteiger partial charge in [-0.25, -0.2) is 4.79 Å². The molecular weight excluding hydrogens is 374 g/mol. The van der Waals surface area contributed by atoms with E-state index in [9.17, 15) is 9.90 Å². The number of hydrogen-bond acceptors (Lipinski definition) is 3. The van der Waals surface area contributed by atoms with Gasteiger partial charge in [0.2, 0.25) is 0 Å². The summed E-state index contributed by atoms with van der Waals surface area (Å²) in [5.41, 5.74) is 2.60. The van der Waals surface area contributed by atoms with Crippen molar-refractivity contribution in [2.75, 3.05) is 21.2 Å². The molecule has 0 bridgehead atoms. The predicted octanol–water partition coefficient (Wildman–Crippen LogP) is 5.39. The molecule has 152 valence electrons. The van der Waals surface area contributed by atoms with Crippen molar-refractivity contribution in [3.63, 3.8) is 0 Å². The quantitative estimate of drug-likeness (QED) is 0.702. The Morgan fingerprint density at radius 3 is 2.39 bits per heavy atom. The van der Waals surface area contributed by atoms with Crippen molar-refractivity contribution in [1.29, 1.82) is 0 Å². The van der Waals surface area contributed by atoms with E-state index in [0.29, 0.717) is 11.5 Å². The van der Waals surface area contributed by atoms with Gasteiger partial charge < -0.3 is 14.7 Å². The van der Waals surface area contributed by atoms with E-state index in [2.05, 4.69) is 43.3 Å². The molecule has 2 aromatic carbocycles. The fourth-order valence-electron chi connectivity index (χ4n) is 4.67. The SMILES string of the molecule is COc1ccc(C(=O)O)c(C2CCCCC2C(c2ccccc2)N(C)C)c1.Cl. The van der Waals surface area contributed by atoms with Crippen LogP contribution in [-0.4, -0.2) is 37.2 Å². The summed E-state index contributed by atoms with van der Waals surface area (Å²) in [4.78, 5) is 14.2. The van der Waals surface area contributed by atoms with Crippen LogP contribution in [0.25, 0.3) is 0 Å². The van der Waals surface area contributed by atoms with Crippen LogP contribution in [0.5, 0.6) is 5.75 Å². The van der Waals surface area contributed by atoms with Crippen molar-refractivity contribution in [3.05, 3.63) is 65.2 Å². The largest absolute Gasteiger partial charge is 0.497 e. The molecule has 4 nitrogen and oxygen atoms in total. The van der Waals surface area contributed by atoms with Gasteiger partial charge in [-0.15, -0.1) is 12.4 Å². The first-order valence-electron chi connectivity index (χ1n) is 9.65. The lowest BCUT2D eigenvalue weighted by atomic mass is 9.69. The number of rotatable bonds is 6. The highest BCUT2D eigenvalue weighted by Crippen LogP contribution is 2.47. The normalized spacial score (nSPS) is 20.3. The second kappa shape index (κ2) is 9.94. The molecule has 0 amide bonds. The first-order chi connectivity index (χ1) is 13.0. The minimum atomic E-state index is -0.863. The fraction of sp³-hybridized carbons (Fsp3) is 0.435. The highest BCUT2D eigenvalue weighted by Gasteiger charge is 2.36. The molecule has 1 aliphatic carbocycles. The lowest BCUT2D eigenvalue weighted by molar-refractivity contribution is 0.0692. The van der Waals surface area contributed by atoms with Crippen molar-refractivity contribution < 1.29 is 14.6 Å². The average molecular weight is 404 g/mol. The Morgan fingerprint density at radius 1 is 1.11 bits per heavy atom. The van der Waals surface area contributed by atoms with E-state index in [4.69, 9.17) is 4.74 Å². The van der Waals surface area contributed by atoms with E-state index in [1.54, 1.807) is 19.2 Å². The summed E-state index contributed by atoms with van der Waals surface area (Å²) in [7, 11) is 5.87. The van der Waals surface area contributed by atoms with Crippen LogP contribution in [0.1, 0.15) is 59.1 Å². The number of halogens is 1. The van der Waals surface area contributed by atoms with Gasteiger partial charge in [-0.1, -0.05) is 43.2 Å². The van der Waals surface area contributed by atoms with Gasteiger partial charge in [-0.3, -0.25) is 0 Å². The fourth-order valence-corrected chi connectivity index (χ4v) is 4.67. The summed E-state index contributed by atoms with van der Waals surface area (Å²) in [6.45, 7) is 0. The lowest BCUT2D eigenvalue weighted by Gasteiger charge is -2.41. The molecule has 0 spiro atoms. The Kier molecular flexibility index (Phi) is 7.90. The van der Waals surface area contributed by atoms with Crippen molar-refractivity contribution in [2.24, 2.45) is 5.92 Å². The van der Waals surface area contributed by atoms with Crippen LogP contribution in [0.3, 0.4) is 0 Å². The molecular formula is C23H30ClNO3. The maximum Gasteiger partial charge on any atom is 0.335 e. The summed E-state index contributed by atoms with van der Waals surface area (Å²) in [6.07, 6.45) is 4.42. The minimum absolute atomic E-state index is 0. The zero-order valence-electron chi connectivity index (χ0n) is 16.8. The zero-order valence-corrected chi connectivity index (χ0v) is 17.6. The first-order valence-corrected chi connectivity index (χ1v) is 9.65. The highest BCUT2D eigenvalue weighted by molar-refractivity contribution is 5.90. The molecule has 3 rings (SSSR count). The van der Waals surface area contributed by atoms with Gasteiger partial charge in [0.1, 0.15) is 5.75 Å². The number of nitrogens with zero attached hydrogens (tertiary/aromatic N) is 1. The van der Waals surface area contributed by atoms with Crippen molar-refractivity contribution in [2.45, 2.75) is 37.6 Å². The lowest BCUT2D eigenvalue weighted by Crippen LogP contribution is -2.33. The second-order valence-electron chi connectivity index (χ2n) is 7.63. The molecule has 1 aliphatic rings. The molecule has 1 fully saturated rings. The molecule has 0 saturated heterocycles. The van der Waals surface area contributed by atoms with Gasteiger partial charge in [0, 0.05) is 6.04 Å². The summed E-state index contributed by atoms with van der Waals surface area (Å²) < 4.78 is 5.40. The Hall–Kier alpha value is -2.04. The minimum Gasteiger partial charge on any atom is -0.497 e. The van der Waals surface area contributed by atoms with Crippen LogP contribution in [0, 0.1) is 5.92 Å². The Balaban J connectivity index is 0.00000280. The van der Waals surface area contributed by atoms with Crippen LogP contribution in [0.4, 0.5) is 0 Å². The van der Waals surface area contributed by atoms with Crippen LogP contribution in [0.15, 0.2) is 48.5 Å². The topological polar surface area (TPSA) is 49.8 Å². The number of carboxylic acid groups (broad SMARTS) is 1. The molecule has 0 radical (unpaired) electrons. The summed E-state index contributed by atoms with van der Waals surface area (Å²) in [6, 6.07) is 16.2. The third-order valence-corrected chi connectivity index (χ3v) is 5.81. The van der Waals surface area contributed by atoms with Crippen molar-refractivity contribution in [3.8, 4) is 5.75 Å². The summed E-state index contributed by atoms with van der Waals surface area (Å²) in [5, 5.41) is 9.76. The maximum atomic E-state index is 11.9. The summed E-state index contributed by atoms with van der Waals surface area (Å²) >= 11 is 0. The van der Waals surface area contributed by atoms with Gasteiger partial charge in [0.15, 0.2) is 0 Å². The molecule has 3 atom stereocenters. The molecule has 0 aromatic heterocycles. The Bertz CT molecular complexity index is 779. The number of carboxylic acids is 1. The second-order valence-corrected chi connectivity index (χ2v) is 7.63. The number of aromatic carboxylic acids is 1. The van der Waals surface area contributed by atoms with E-state index < -0.39 is 5.97 Å². The van der Waals surface area contributed by atoms with Gasteiger partial charge in [0.05, 0.1) is 12.7 Å². The Morgan fingerprint density at radius 2 is 1.79 bits per heavy atom. The molecule has 28 heavy (non-hydrogen) atoms. The van der Waals surface area contributed by atoms with E-state index in [1.807, 2.05) is 12.1 Å². The molecule has 1 saturated carbocycles. The number of ether oxygens (including phenoxy) is 1. The first kappa shape index (κ1) is 22.3. The number of benzene rings is 2. The monoisotopic (exact) mass is 403 g/mol. The van der Waals surface area contributed by atoms with E-state index in [-0.39, 0.29) is 24.4 Å². The molecule has 2 aromatic rings. The standard InChI is InChI=1S/C23H29NO3.ClH/c1-24(2)22(16-9-5-4-6-10-16)19-12-8-7-11-18(19)21-15-17(27-3)13-14-20(21)23(25)26;/h4-6,9-10,13-15,18-19,22H,7-8,11-12H2,1-3H3,(H,25,26);1H. The smallest absolute Gasteiger partial charge is 0.335 e. The molecule has 3 unspecified atom stereocenters. The van der Waals surface area contributed by atoms with Gasteiger partial charge >= 0.3 is 5.97 Å². The van der Waals surface area contributed by atoms with Gasteiger partial charge in [0.25, 0.3) is 0 Å². The van der Waals surface area contributed by atoms with E-state index in [1.165, 1.54) is 12.0 Å². The summed E-state index contributed by atoms with van der Waals surface area (Å²) in [5.74, 6) is 0.424. The van der Waals surface area contributed by atoms with Crippen LogP contribution < -0.4 is 4.74 Å². The van der Waals surface area contributed by atoms with Crippen LogP contribution in [-0.2, 0) is 0 Å². The predicted molar refractivity (Wildman–Crippen MR) is 115 cm³/mol. The number of hydrogen-bond donors (Lipinski definition) is 1. The third-order valence-electron chi connectivity index (χ3n) is 5.81. The maximum absolute atomic E-state index is 11.9. The number of methoxy groups -OCH3 is 1. The zero-order chi connectivity index (χ0) is 19.4.